The summed E-state index contributed by atoms with van der Waals surface area (Å²) in [5.74, 6) is 1.15. The fourth-order valence-corrected chi connectivity index (χ4v) is 3.57. The maximum Gasteiger partial charge on any atom is 0.222 e. The Morgan fingerprint density at radius 3 is 2.88 bits per heavy atom. The van der Waals surface area contributed by atoms with Crippen LogP contribution in [-0.4, -0.2) is 54.9 Å². The average Bonchev–Trinajstić information content (AvgIpc) is 3.01. The number of carbonyl (C=O) groups is 1. The molecule has 1 heterocycles. The van der Waals surface area contributed by atoms with Gasteiger partial charge in [0.15, 0.2) is 5.96 Å². The summed E-state index contributed by atoms with van der Waals surface area (Å²) in [6.07, 6.45) is 3.62. The molecule has 1 atom stereocenters. The number of hydrogen-bond donors (Lipinski definition) is 1. The molecule has 1 aromatic rings. The van der Waals surface area contributed by atoms with Gasteiger partial charge in [0, 0.05) is 51.2 Å². The van der Waals surface area contributed by atoms with Gasteiger partial charge in [0.2, 0.25) is 5.91 Å². The minimum absolute atomic E-state index is 0.300. The van der Waals surface area contributed by atoms with Crippen LogP contribution >= 0.6 is 11.6 Å². The van der Waals surface area contributed by atoms with Crippen LogP contribution in [0.2, 0.25) is 5.02 Å². The molecule has 6 heteroatoms. The van der Waals surface area contributed by atoms with E-state index in [9.17, 15) is 4.79 Å². The maximum absolute atomic E-state index is 11.9. The number of carbonyl (C=O) groups excluding carboxylic acids is 1. The molecule has 2 rings (SSSR count). The molecule has 1 aliphatic rings. The van der Waals surface area contributed by atoms with E-state index in [1.807, 2.05) is 30.1 Å². The molecule has 1 aliphatic heterocycles. The second-order valence-corrected chi connectivity index (χ2v) is 6.94. The van der Waals surface area contributed by atoms with Crippen molar-refractivity contribution in [2.75, 3.05) is 27.2 Å². The van der Waals surface area contributed by atoms with E-state index in [4.69, 9.17) is 11.6 Å². The van der Waals surface area contributed by atoms with E-state index in [0.29, 0.717) is 18.4 Å². The van der Waals surface area contributed by atoms with E-state index in [1.165, 1.54) is 0 Å². The summed E-state index contributed by atoms with van der Waals surface area (Å²) < 4.78 is 0. The van der Waals surface area contributed by atoms with Crippen LogP contribution in [0, 0.1) is 0 Å². The van der Waals surface area contributed by atoms with Crippen molar-refractivity contribution < 1.29 is 4.79 Å². The third-order valence-corrected chi connectivity index (χ3v) is 4.90. The Kier molecular flexibility index (Phi) is 7.56. The van der Waals surface area contributed by atoms with Gasteiger partial charge in [0.1, 0.15) is 0 Å². The summed E-state index contributed by atoms with van der Waals surface area (Å²) >= 11 is 6.05. The van der Waals surface area contributed by atoms with Crippen molar-refractivity contribution >= 4 is 23.5 Å². The van der Waals surface area contributed by atoms with Gasteiger partial charge in [-0.2, -0.15) is 0 Å². The number of rotatable bonds is 7. The molecule has 1 unspecified atom stereocenters. The van der Waals surface area contributed by atoms with Crippen molar-refractivity contribution in [3.63, 3.8) is 0 Å². The second-order valence-electron chi connectivity index (χ2n) is 6.50. The lowest BCUT2D eigenvalue weighted by Gasteiger charge is -2.28. The first-order chi connectivity index (χ1) is 12.0. The maximum atomic E-state index is 11.9. The molecule has 0 saturated carbocycles. The molecule has 0 radical (unpaired) electrons. The number of benzene rings is 1. The van der Waals surface area contributed by atoms with Gasteiger partial charge in [-0.1, -0.05) is 30.7 Å². The zero-order valence-corrected chi connectivity index (χ0v) is 16.2. The molecular formula is C19H29ClN4O. The quantitative estimate of drug-likeness (QED) is 0.597. The van der Waals surface area contributed by atoms with Crippen molar-refractivity contribution in [1.29, 1.82) is 0 Å². The summed E-state index contributed by atoms with van der Waals surface area (Å²) in [6, 6.07) is 8.18. The van der Waals surface area contributed by atoms with Crippen molar-refractivity contribution in [2.24, 2.45) is 4.99 Å². The van der Waals surface area contributed by atoms with E-state index in [1.54, 1.807) is 7.05 Å². The van der Waals surface area contributed by atoms with Gasteiger partial charge in [-0.05, 0) is 37.0 Å². The fraction of sp³-hybridized carbons (Fsp3) is 0.579. The lowest BCUT2D eigenvalue weighted by atomic mass is 10.1. The minimum atomic E-state index is 0.300. The first-order valence-electron chi connectivity index (χ1n) is 9.00. The number of nitrogens with one attached hydrogen (secondary N) is 1. The molecule has 5 nitrogen and oxygen atoms in total. The summed E-state index contributed by atoms with van der Waals surface area (Å²) in [5, 5.41) is 4.16. The molecule has 1 fully saturated rings. The van der Waals surface area contributed by atoms with E-state index in [2.05, 4.69) is 28.2 Å². The highest BCUT2D eigenvalue weighted by Gasteiger charge is 2.26. The molecular weight excluding hydrogens is 336 g/mol. The fourth-order valence-electron chi connectivity index (χ4n) is 3.35. The predicted molar refractivity (Wildman–Crippen MR) is 104 cm³/mol. The highest BCUT2D eigenvalue weighted by Crippen LogP contribution is 2.17. The Labute approximate surface area is 156 Å². The van der Waals surface area contributed by atoms with Crippen molar-refractivity contribution in [2.45, 2.75) is 45.2 Å². The van der Waals surface area contributed by atoms with Crippen molar-refractivity contribution in [3.8, 4) is 0 Å². The lowest BCUT2D eigenvalue weighted by Crippen LogP contribution is -2.42. The minimum Gasteiger partial charge on any atom is -0.356 e. The number of hydrogen-bond acceptors (Lipinski definition) is 2. The number of nitrogens with zero attached hydrogens (tertiary/aromatic N) is 3. The zero-order valence-electron chi connectivity index (χ0n) is 15.5. The molecule has 0 bridgehead atoms. The molecule has 1 amide bonds. The van der Waals surface area contributed by atoms with E-state index < -0.39 is 0 Å². The topological polar surface area (TPSA) is 47.9 Å². The van der Waals surface area contributed by atoms with E-state index in [-0.39, 0.29) is 0 Å². The van der Waals surface area contributed by atoms with E-state index in [0.717, 1.165) is 55.4 Å². The van der Waals surface area contributed by atoms with Crippen LogP contribution in [0.15, 0.2) is 29.3 Å². The summed E-state index contributed by atoms with van der Waals surface area (Å²) in [4.78, 5) is 20.4. The van der Waals surface area contributed by atoms with Crippen LogP contribution in [0.5, 0.6) is 0 Å². The molecule has 0 aliphatic carbocycles. The van der Waals surface area contributed by atoms with Crippen LogP contribution in [0.3, 0.4) is 0 Å². The summed E-state index contributed by atoms with van der Waals surface area (Å²) in [5.41, 5.74) is 1.15. The Morgan fingerprint density at radius 2 is 2.28 bits per heavy atom. The van der Waals surface area contributed by atoms with Crippen LogP contribution in [-0.2, 0) is 11.3 Å². The molecule has 25 heavy (non-hydrogen) atoms. The van der Waals surface area contributed by atoms with Gasteiger partial charge >= 0.3 is 0 Å². The lowest BCUT2D eigenvalue weighted by molar-refractivity contribution is -0.129. The number of halogens is 1. The molecule has 1 N–H and O–H groups in total. The van der Waals surface area contributed by atoms with Crippen molar-refractivity contribution in [1.82, 2.24) is 15.1 Å². The third-order valence-electron chi connectivity index (χ3n) is 4.66. The molecule has 1 aromatic carbocycles. The Balaban J connectivity index is 1.83. The monoisotopic (exact) mass is 364 g/mol. The summed E-state index contributed by atoms with van der Waals surface area (Å²) in [7, 11) is 3.80. The van der Waals surface area contributed by atoms with E-state index >= 15 is 0 Å². The number of aliphatic imine (C=N–C) groups is 1. The van der Waals surface area contributed by atoms with Crippen LogP contribution in [0.1, 0.15) is 38.2 Å². The molecule has 0 spiro atoms. The number of likely N-dealkylation sites (tertiary alicyclic amines) is 1. The van der Waals surface area contributed by atoms with Gasteiger partial charge in [-0.15, -0.1) is 0 Å². The van der Waals surface area contributed by atoms with Gasteiger partial charge in [0.25, 0.3) is 0 Å². The molecule has 1 saturated heterocycles. The number of guanidine groups is 1. The van der Waals surface area contributed by atoms with Crippen molar-refractivity contribution in [3.05, 3.63) is 34.9 Å². The third kappa shape index (κ3) is 5.63. The highest BCUT2D eigenvalue weighted by atomic mass is 35.5. The number of amides is 1. The molecule has 138 valence electrons. The van der Waals surface area contributed by atoms with Gasteiger partial charge < -0.3 is 15.1 Å². The average molecular weight is 365 g/mol. The largest absolute Gasteiger partial charge is 0.356 e. The van der Waals surface area contributed by atoms with Crippen LogP contribution < -0.4 is 5.32 Å². The van der Waals surface area contributed by atoms with Gasteiger partial charge in [0.05, 0.1) is 0 Å². The molecule has 0 aromatic heterocycles. The Morgan fingerprint density at radius 1 is 1.48 bits per heavy atom. The Bertz CT molecular complexity index is 605. The van der Waals surface area contributed by atoms with Crippen LogP contribution in [0.25, 0.3) is 0 Å². The summed E-state index contributed by atoms with van der Waals surface area (Å²) in [6.45, 7) is 4.59. The Hall–Kier alpha value is -1.75. The standard InChI is InChI=1S/C19H29ClN4O/c1-4-17(24-12-6-9-18(24)25)10-11-22-19(21-2)23(3)14-15-7-5-8-16(20)13-15/h5,7-8,13,17H,4,6,9-12,14H2,1-3H3,(H,21,22). The first-order valence-corrected chi connectivity index (χ1v) is 9.38. The van der Waals surface area contributed by atoms with Gasteiger partial charge in [-0.25, -0.2) is 0 Å². The highest BCUT2D eigenvalue weighted by molar-refractivity contribution is 6.30. The second kappa shape index (κ2) is 9.66. The SMILES string of the molecule is CCC(CCNC(=NC)N(C)Cc1cccc(Cl)c1)N1CCCC1=O. The van der Waals surface area contributed by atoms with Gasteiger partial charge in [-0.3, -0.25) is 9.79 Å². The zero-order chi connectivity index (χ0) is 18.2. The normalized spacial score (nSPS) is 16.2. The first kappa shape index (κ1) is 19.6. The predicted octanol–water partition coefficient (Wildman–Crippen LogP) is 3.14. The van der Waals surface area contributed by atoms with Crippen LogP contribution in [0.4, 0.5) is 0 Å². The smallest absolute Gasteiger partial charge is 0.222 e.